The van der Waals surface area contributed by atoms with Crippen molar-refractivity contribution in [3.8, 4) is 22.8 Å². The van der Waals surface area contributed by atoms with Crippen molar-refractivity contribution < 1.29 is 44.2 Å². The van der Waals surface area contributed by atoms with Crippen LogP contribution in [0.15, 0.2) is 95.9 Å². The van der Waals surface area contributed by atoms with E-state index in [1.807, 2.05) is 18.2 Å². The molecule has 1 aliphatic heterocycles. The number of quaternary nitrogens is 1. The van der Waals surface area contributed by atoms with Crippen LogP contribution in [0.4, 0.5) is 18.9 Å². The number of nitrogens with one attached hydrogen (secondary N) is 1. The number of rotatable bonds is 8. The molecule has 270 valence electrons. The van der Waals surface area contributed by atoms with Crippen molar-refractivity contribution in [3.05, 3.63) is 130 Å². The van der Waals surface area contributed by atoms with Crippen molar-refractivity contribution in [2.24, 2.45) is 7.05 Å². The van der Waals surface area contributed by atoms with Crippen LogP contribution in [0.3, 0.4) is 0 Å². The number of amides is 2. The van der Waals surface area contributed by atoms with E-state index in [1.54, 1.807) is 42.2 Å². The van der Waals surface area contributed by atoms with Crippen LogP contribution in [0.2, 0.25) is 0 Å². The predicted octanol–water partition coefficient (Wildman–Crippen LogP) is 2.21. The second-order valence-electron chi connectivity index (χ2n) is 12.9. The van der Waals surface area contributed by atoms with Gasteiger partial charge in [-0.3, -0.25) is 19.1 Å². The van der Waals surface area contributed by atoms with Crippen molar-refractivity contribution in [3.63, 3.8) is 0 Å². The second kappa shape index (κ2) is 15.0. The zero-order valence-corrected chi connectivity index (χ0v) is 30.2. The van der Waals surface area contributed by atoms with Gasteiger partial charge in [0.1, 0.15) is 23.8 Å². The van der Waals surface area contributed by atoms with Crippen molar-refractivity contribution in [1.29, 1.82) is 0 Å². The van der Waals surface area contributed by atoms with Gasteiger partial charge in [-0.1, -0.05) is 48.5 Å². The standard InChI is InChI=1S/C37H35F3N8O3.BrH/c1-25(35(50)45-19-21-48(4,22-20-45)24-26-9-6-5-7-10-26)43-34(49)32-33(31-17-18-42-46(31)29-15-13-28(41-2)14-16-29)44(3)47(36(32)51)30-12-8-11-27(23-30)37(38,39)40;/h5-18,23,25H,19-22,24H2,1,3-4H3;1H/t25-;/m0./s1. The largest absolute Gasteiger partial charge is 1.00 e. The van der Waals surface area contributed by atoms with E-state index in [-0.39, 0.29) is 45.5 Å². The Morgan fingerprint density at radius 1 is 0.981 bits per heavy atom. The van der Waals surface area contributed by atoms with Gasteiger partial charge in [0.15, 0.2) is 5.69 Å². The lowest BCUT2D eigenvalue weighted by Gasteiger charge is -2.42. The van der Waals surface area contributed by atoms with E-state index >= 15 is 0 Å². The Balaban J connectivity index is 0.00000523. The summed E-state index contributed by atoms with van der Waals surface area (Å²) in [6.07, 6.45) is -3.22. The highest BCUT2D eigenvalue weighted by molar-refractivity contribution is 6.02. The summed E-state index contributed by atoms with van der Waals surface area (Å²) >= 11 is 0. The molecule has 1 aliphatic rings. The Morgan fingerprint density at radius 3 is 2.29 bits per heavy atom. The highest BCUT2D eigenvalue weighted by atomic mass is 79.9. The molecule has 0 unspecified atom stereocenters. The lowest BCUT2D eigenvalue weighted by molar-refractivity contribution is -0.926. The molecule has 6 rings (SSSR count). The Morgan fingerprint density at radius 2 is 1.65 bits per heavy atom. The summed E-state index contributed by atoms with van der Waals surface area (Å²) in [6, 6.07) is 21.4. The number of likely N-dealkylation sites (N-methyl/N-ethyl adjacent to an activating group) is 1. The SMILES string of the molecule is [Br-].[C-]#[N+]c1ccc(-n2nccc2-c2c(C(=O)N[C@@H](C)C(=O)N3CC[N+](C)(Cc4ccccc4)CC3)c(=O)n(-c3cccc(C(F)(F)F)c3)n2C)cc1. The van der Waals surface area contributed by atoms with Crippen LogP contribution in [0.25, 0.3) is 27.6 Å². The van der Waals surface area contributed by atoms with Gasteiger partial charge >= 0.3 is 6.18 Å². The number of carbonyl (C=O) groups is 2. The molecule has 0 saturated carbocycles. The Hall–Kier alpha value is -5.46. The molecule has 5 aromatic rings. The highest BCUT2D eigenvalue weighted by Crippen LogP contribution is 2.32. The van der Waals surface area contributed by atoms with Crippen LogP contribution < -0.4 is 27.9 Å². The van der Waals surface area contributed by atoms with E-state index in [0.29, 0.717) is 37.6 Å². The average molecular weight is 778 g/mol. The number of aromatic nitrogens is 4. The summed E-state index contributed by atoms with van der Waals surface area (Å²) in [7, 11) is 3.61. The van der Waals surface area contributed by atoms with Gasteiger partial charge in [0.05, 0.1) is 68.6 Å². The summed E-state index contributed by atoms with van der Waals surface area (Å²) in [4.78, 5) is 47.0. The molecule has 1 saturated heterocycles. The Bertz CT molecular complexity index is 2180. The maximum atomic E-state index is 14.2. The van der Waals surface area contributed by atoms with Crippen molar-refractivity contribution in [2.75, 3.05) is 33.2 Å². The topological polar surface area (TPSA) is 98.5 Å². The van der Waals surface area contributed by atoms with Gasteiger partial charge in [-0.2, -0.15) is 18.3 Å². The molecular weight excluding hydrogens is 741 g/mol. The zero-order chi connectivity index (χ0) is 36.5. The van der Waals surface area contributed by atoms with Gasteiger partial charge in [0, 0.05) is 12.6 Å². The third-order valence-corrected chi connectivity index (χ3v) is 9.28. The number of benzene rings is 3. The molecule has 11 nitrogen and oxygen atoms in total. The smallest absolute Gasteiger partial charge is 0.416 e. The first-order chi connectivity index (χ1) is 24.3. The normalized spacial score (nSPS) is 14.6. The van der Waals surface area contributed by atoms with E-state index in [4.69, 9.17) is 6.57 Å². The molecule has 0 spiro atoms. The Kier molecular flexibility index (Phi) is 10.9. The number of hydrogen-bond acceptors (Lipinski definition) is 4. The third kappa shape index (κ3) is 7.58. The van der Waals surface area contributed by atoms with E-state index in [0.717, 1.165) is 27.8 Å². The number of carbonyl (C=O) groups excluding carboxylic acids is 2. The molecule has 0 aliphatic carbocycles. The number of hydrogen-bond donors (Lipinski definition) is 1. The first kappa shape index (κ1) is 37.8. The third-order valence-electron chi connectivity index (χ3n) is 9.28. The number of nitrogens with zero attached hydrogens (tertiary/aromatic N) is 7. The van der Waals surface area contributed by atoms with Crippen LogP contribution in [-0.4, -0.2) is 79.6 Å². The quantitative estimate of drug-likeness (QED) is 0.193. The van der Waals surface area contributed by atoms with Crippen LogP contribution in [-0.2, 0) is 24.6 Å². The maximum absolute atomic E-state index is 14.2. The van der Waals surface area contributed by atoms with Gasteiger partial charge in [-0.25, -0.2) is 14.2 Å². The molecule has 2 amide bonds. The minimum Gasteiger partial charge on any atom is -1.00 e. The highest BCUT2D eigenvalue weighted by Gasteiger charge is 2.36. The van der Waals surface area contributed by atoms with Gasteiger partial charge in [-0.05, 0) is 43.3 Å². The summed E-state index contributed by atoms with van der Waals surface area (Å²) in [5.74, 6) is -1.18. The van der Waals surface area contributed by atoms with E-state index in [2.05, 4.69) is 34.4 Å². The lowest BCUT2D eigenvalue weighted by Crippen LogP contribution is -3.00. The molecule has 0 bridgehead atoms. The summed E-state index contributed by atoms with van der Waals surface area (Å²) < 4.78 is 45.6. The van der Waals surface area contributed by atoms with Crippen molar-refractivity contribution >= 4 is 17.5 Å². The number of alkyl halides is 3. The fraction of sp³-hybridized carbons (Fsp3) is 0.270. The molecule has 1 atom stereocenters. The number of piperazine rings is 1. The monoisotopic (exact) mass is 776 g/mol. The predicted molar refractivity (Wildman–Crippen MR) is 184 cm³/mol. The molecule has 0 radical (unpaired) electrons. The molecular formula is C37H36BrF3N8O3. The molecule has 1 fully saturated rings. The molecule has 3 aromatic carbocycles. The molecule has 3 heterocycles. The van der Waals surface area contributed by atoms with Gasteiger partial charge in [0.2, 0.25) is 5.91 Å². The van der Waals surface area contributed by atoms with Crippen molar-refractivity contribution in [2.45, 2.75) is 25.7 Å². The van der Waals surface area contributed by atoms with Gasteiger partial charge < -0.3 is 31.7 Å². The molecule has 1 N–H and O–H groups in total. The summed E-state index contributed by atoms with van der Waals surface area (Å²) in [5, 5.41) is 7.07. The zero-order valence-electron chi connectivity index (χ0n) is 28.6. The summed E-state index contributed by atoms with van der Waals surface area (Å²) in [6.45, 7) is 12.0. The minimum absolute atomic E-state index is 0. The fourth-order valence-electron chi connectivity index (χ4n) is 6.52. The fourth-order valence-corrected chi connectivity index (χ4v) is 6.52. The van der Waals surface area contributed by atoms with Crippen LogP contribution in [0, 0.1) is 6.57 Å². The van der Waals surface area contributed by atoms with E-state index < -0.39 is 29.2 Å². The molecule has 15 heteroatoms. The van der Waals surface area contributed by atoms with Crippen LogP contribution >= 0.6 is 0 Å². The van der Waals surface area contributed by atoms with Crippen LogP contribution in [0.5, 0.6) is 0 Å². The minimum atomic E-state index is -4.67. The molecule has 52 heavy (non-hydrogen) atoms. The summed E-state index contributed by atoms with van der Waals surface area (Å²) in [5.41, 5.74) is 0.120. The maximum Gasteiger partial charge on any atom is 0.416 e. The number of halogens is 4. The first-order valence-electron chi connectivity index (χ1n) is 16.3. The van der Waals surface area contributed by atoms with Crippen molar-refractivity contribution in [1.82, 2.24) is 29.4 Å². The van der Waals surface area contributed by atoms with Gasteiger partial charge in [0.25, 0.3) is 11.5 Å². The van der Waals surface area contributed by atoms with E-state index in [9.17, 15) is 27.6 Å². The Labute approximate surface area is 308 Å². The molecule has 2 aromatic heterocycles. The second-order valence-corrected chi connectivity index (χ2v) is 12.9. The van der Waals surface area contributed by atoms with Gasteiger partial charge in [-0.15, -0.1) is 0 Å². The first-order valence-corrected chi connectivity index (χ1v) is 16.3. The van der Waals surface area contributed by atoms with E-state index in [1.165, 1.54) is 40.3 Å². The van der Waals surface area contributed by atoms with Crippen LogP contribution in [0.1, 0.15) is 28.4 Å². The lowest BCUT2D eigenvalue weighted by atomic mass is 10.1. The average Bonchev–Trinajstić information content (AvgIpc) is 3.69.